The number of hydrogen-bond acceptors (Lipinski definition) is 2. The van der Waals surface area contributed by atoms with Gasteiger partial charge in [0, 0.05) is 12.6 Å². The molecule has 0 saturated carbocycles. The number of likely N-dealkylation sites (N-methyl/N-ethyl adjacent to an activating group) is 1. The zero-order chi connectivity index (χ0) is 9.42. The van der Waals surface area contributed by atoms with Crippen LogP contribution in [0.5, 0.6) is 0 Å². The van der Waals surface area contributed by atoms with E-state index in [1.165, 1.54) is 4.90 Å². The Morgan fingerprint density at radius 3 is 2.69 bits per heavy atom. The van der Waals surface area contributed by atoms with Crippen LogP contribution in [0.15, 0.2) is 24.3 Å². The number of anilines is 1. The molecule has 1 aliphatic rings. The first kappa shape index (κ1) is 7.77. The predicted molar refractivity (Wildman–Crippen MR) is 49.0 cm³/mol. The molecule has 0 bridgehead atoms. The van der Waals surface area contributed by atoms with E-state index in [2.05, 4.69) is 0 Å². The zero-order valence-electron chi connectivity index (χ0n) is 7.07. The van der Waals surface area contributed by atoms with Crippen LogP contribution in [0.3, 0.4) is 0 Å². The molecule has 13 heavy (non-hydrogen) atoms. The van der Waals surface area contributed by atoms with Crippen molar-refractivity contribution >= 4 is 23.1 Å². The minimum Gasteiger partial charge on any atom is -0.310 e. The van der Waals surface area contributed by atoms with E-state index in [0.717, 1.165) is 5.69 Å². The van der Waals surface area contributed by atoms with Crippen LogP contribution in [0, 0.1) is 0 Å². The maximum atomic E-state index is 11.4. The maximum Gasteiger partial charge on any atom is 0.269 e. The number of carbonyl (C=O) groups is 1. The minimum absolute atomic E-state index is 0.123. The highest BCUT2D eigenvalue weighted by atomic mass is 16.2. The number of nitrogens with zero attached hydrogens (tertiary/aromatic N) is 1. The van der Waals surface area contributed by atoms with Crippen molar-refractivity contribution in [1.29, 1.82) is 0 Å². The van der Waals surface area contributed by atoms with Gasteiger partial charge in [-0.05, 0) is 6.07 Å². The van der Waals surface area contributed by atoms with Gasteiger partial charge in [0.1, 0.15) is 11.5 Å². The summed E-state index contributed by atoms with van der Waals surface area (Å²) >= 11 is 0. The third kappa shape index (κ3) is 0.912. The van der Waals surface area contributed by atoms with E-state index in [9.17, 15) is 9.59 Å². The average Bonchev–Trinajstić information content (AvgIpc) is 2.41. The highest BCUT2D eigenvalue weighted by molar-refractivity contribution is 6.38. The normalized spacial score (nSPS) is 14.4. The number of rotatable bonds is 0. The third-order valence-corrected chi connectivity index (χ3v) is 2.16. The van der Waals surface area contributed by atoms with Crippen molar-refractivity contribution in [2.45, 2.75) is 0 Å². The van der Waals surface area contributed by atoms with E-state index in [4.69, 9.17) is 0 Å². The molecule has 0 saturated heterocycles. The van der Waals surface area contributed by atoms with Gasteiger partial charge in [-0.1, -0.05) is 18.2 Å². The maximum absolute atomic E-state index is 11.4. The summed E-state index contributed by atoms with van der Waals surface area (Å²) in [6, 6.07) is 7.17. The fraction of sp³-hybridized carbons (Fsp3) is 0.100. The molecule has 1 heterocycles. The molecule has 0 atom stereocenters. The first-order valence-electron chi connectivity index (χ1n) is 3.88. The van der Waals surface area contributed by atoms with Crippen LogP contribution in [-0.2, 0) is 9.59 Å². The van der Waals surface area contributed by atoms with Crippen LogP contribution in [0.25, 0.3) is 5.57 Å². The van der Waals surface area contributed by atoms with Gasteiger partial charge < -0.3 is 4.90 Å². The van der Waals surface area contributed by atoms with Crippen LogP contribution >= 0.6 is 0 Å². The van der Waals surface area contributed by atoms with Crippen LogP contribution in [0.1, 0.15) is 5.56 Å². The smallest absolute Gasteiger partial charge is 0.269 e. The number of amides is 1. The molecule has 3 heteroatoms. The van der Waals surface area contributed by atoms with Crippen LogP contribution in [-0.4, -0.2) is 18.9 Å². The fourth-order valence-electron chi connectivity index (χ4n) is 1.47. The summed E-state index contributed by atoms with van der Waals surface area (Å²) in [6.07, 6.45) is 0. The monoisotopic (exact) mass is 173 g/mol. The predicted octanol–water partition coefficient (Wildman–Crippen LogP) is 0.878. The summed E-state index contributed by atoms with van der Waals surface area (Å²) in [7, 11) is 1.64. The van der Waals surface area contributed by atoms with Crippen molar-refractivity contribution in [2.75, 3.05) is 11.9 Å². The molecule has 2 rings (SSSR count). The molecule has 0 N–H and O–H groups in total. The van der Waals surface area contributed by atoms with Crippen LogP contribution < -0.4 is 4.90 Å². The Bertz CT molecular complexity index is 430. The zero-order valence-corrected chi connectivity index (χ0v) is 7.07. The van der Waals surface area contributed by atoms with Gasteiger partial charge >= 0.3 is 0 Å². The highest BCUT2D eigenvalue weighted by Gasteiger charge is 2.29. The molecular weight excluding hydrogens is 166 g/mol. The lowest BCUT2D eigenvalue weighted by atomic mass is 10.1. The first-order valence-corrected chi connectivity index (χ1v) is 3.88. The van der Waals surface area contributed by atoms with Crippen molar-refractivity contribution in [3.8, 4) is 0 Å². The largest absolute Gasteiger partial charge is 0.310 e. The van der Waals surface area contributed by atoms with Gasteiger partial charge in [0.25, 0.3) is 5.91 Å². The standard InChI is InChI=1S/C10H7NO2/c1-11-9-5-3-2-4-7(9)8(6-12)10(11)13/h2-5H,1H3. The van der Waals surface area contributed by atoms with E-state index in [0.29, 0.717) is 5.56 Å². The first-order chi connectivity index (χ1) is 6.25. The lowest BCUT2D eigenvalue weighted by molar-refractivity contribution is -0.112. The molecule has 0 radical (unpaired) electrons. The van der Waals surface area contributed by atoms with Gasteiger partial charge in [-0.15, -0.1) is 0 Å². The van der Waals surface area contributed by atoms with Crippen LogP contribution in [0.2, 0.25) is 0 Å². The Labute approximate surface area is 75.3 Å². The lowest BCUT2D eigenvalue weighted by Gasteiger charge is -2.07. The molecule has 1 aliphatic heterocycles. The number of carbonyl (C=O) groups excluding carboxylic acids is 2. The van der Waals surface area contributed by atoms with Crippen molar-refractivity contribution in [1.82, 2.24) is 0 Å². The van der Waals surface area contributed by atoms with E-state index >= 15 is 0 Å². The van der Waals surface area contributed by atoms with Crippen molar-refractivity contribution in [2.24, 2.45) is 0 Å². The Hall–Kier alpha value is -1.86. The van der Waals surface area contributed by atoms with E-state index in [1.807, 2.05) is 6.07 Å². The Morgan fingerprint density at radius 1 is 1.31 bits per heavy atom. The molecule has 1 amide bonds. The number of fused-ring (bicyclic) bond motifs is 1. The van der Waals surface area contributed by atoms with E-state index in [1.54, 1.807) is 31.2 Å². The molecule has 1 aromatic rings. The summed E-state index contributed by atoms with van der Waals surface area (Å²) in [5, 5.41) is 0. The lowest BCUT2D eigenvalue weighted by Crippen LogP contribution is -2.20. The van der Waals surface area contributed by atoms with Gasteiger partial charge in [-0.2, -0.15) is 0 Å². The van der Waals surface area contributed by atoms with Gasteiger partial charge in [0.15, 0.2) is 0 Å². The molecule has 0 unspecified atom stereocenters. The van der Waals surface area contributed by atoms with Crippen molar-refractivity contribution in [3.05, 3.63) is 29.8 Å². The molecule has 0 spiro atoms. The molecular formula is C10H7NO2. The second-order valence-corrected chi connectivity index (χ2v) is 2.86. The van der Waals surface area contributed by atoms with Gasteiger partial charge in [0.05, 0.1) is 5.69 Å². The van der Waals surface area contributed by atoms with E-state index < -0.39 is 0 Å². The topological polar surface area (TPSA) is 37.4 Å². The van der Waals surface area contributed by atoms with Crippen molar-refractivity contribution < 1.29 is 9.59 Å². The Morgan fingerprint density at radius 2 is 2.00 bits per heavy atom. The molecule has 0 fully saturated rings. The third-order valence-electron chi connectivity index (χ3n) is 2.16. The molecule has 0 aliphatic carbocycles. The summed E-state index contributed by atoms with van der Waals surface area (Å²) in [4.78, 5) is 23.4. The molecule has 64 valence electrons. The number of benzene rings is 1. The minimum atomic E-state index is -0.281. The number of hydrogen-bond donors (Lipinski definition) is 0. The van der Waals surface area contributed by atoms with Gasteiger partial charge in [-0.25, -0.2) is 4.79 Å². The summed E-state index contributed by atoms with van der Waals surface area (Å²) < 4.78 is 0. The van der Waals surface area contributed by atoms with Crippen molar-refractivity contribution in [3.63, 3.8) is 0 Å². The SMILES string of the molecule is CN1C(=O)C(=C=O)c2ccccc21. The second kappa shape index (κ2) is 2.57. The summed E-state index contributed by atoms with van der Waals surface area (Å²) in [6.45, 7) is 0. The molecule has 0 aromatic heterocycles. The molecule has 3 nitrogen and oxygen atoms in total. The second-order valence-electron chi connectivity index (χ2n) is 2.86. The Balaban J connectivity index is 2.74. The number of para-hydroxylation sites is 1. The Kier molecular flexibility index (Phi) is 1.54. The highest BCUT2D eigenvalue weighted by Crippen LogP contribution is 2.33. The molecule has 1 aromatic carbocycles. The van der Waals surface area contributed by atoms with E-state index in [-0.39, 0.29) is 11.5 Å². The van der Waals surface area contributed by atoms with Crippen LogP contribution in [0.4, 0.5) is 5.69 Å². The summed E-state index contributed by atoms with van der Waals surface area (Å²) in [5.74, 6) is 1.39. The van der Waals surface area contributed by atoms with Gasteiger partial charge in [-0.3, -0.25) is 4.79 Å². The van der Waals surface area contributed by atoms with Gasteiger partial charge in [0.2, 0.25) is 0 Å². The quantitative estimate of drug-likeness (QED) is 0.431. The fourth-order valence-corrected chi connectivity index (χ4v) is 1.47. The average molecular weight is 173 g/mol. The summed E-state index contributed by atoms with van der Waals surface area (Å²) in [5.41, 5.74) is 1.56.